The number of aromatic nitrogens is 2. The Morgan fingerprint density at radius 2 is 1.62 bits per heavy atom. The summed E-state index contributed by atoms with van der Waals surface area (Å²) in [6, 6.07) is 21.9. The summed E-state index contributed by atoms with van der Waals surface area (Å²) in [4.78, 5) is 32.9. The third kappa shape index (κ3) is 3.99. The van der Waals surface area contributed by atoms with Crippen molar-refractivity contribution >= 4 is 22.6 Å². The van der Waals surface area contributed by atoms with Crippen LogP contribution >= 0.6 is 0 Å². The molecular formula is C26H26N4O2. The maximum absolute atomic E-state index is 13.5. The van der Waals surface area contributed by atoms with Crippen molar-refractivity contribution in [1.29, 1.82) is 0 Å². The Balaban J connectivity index is 1.79. The topological polar surface area (TPSA) is 67.2 Å². The predicted octanol–water partition coefficient (Wildman–Crippen LogP) is 5.23. The Morgan fingerprint density at radius 3 is 2.34 bits per heavy atom. The molecule has 1 unspecified atom stereocenters. The van der Waals surface area contributed by atoms with Gasteiger partial charge in [-0.15, -0.1) is 0 Å². The van der Waals surface area contributed by atoms with Crippen LogP contribution in [0, 0.1) is 13.8 Å². The second-order valence-corrected chi connectivity index (χ2v) is 8.00. The number of carbonyl (C=O) groups is 1. The van der Waals surface area contributed by atoms with Crippen LogP contribution in [0.2, 0.25) is 0 Å². The molecule has 4 rings (SSSR count). The smallest absolute Gasteiger partial charge is 0.318 e. The number of nitrogens with one attached hydrogen (secondary N) is 1. The van der Waals surface area contributed by atoms with E-state index >= 15 is 0 Å². The van der Waals surface area contributed by atoms with Gasteiger partial charge in [0.2, 0.25) is 0 Å². The van der Waals surface area contributed by atoms with Gasteiger partial charge in [0.15, 0.2) is 0 Å². The Labute approximate surface area is 187 Å². The highest BCUT2D eigenvalue weighted by molar-refractivity contribution is 5.90. The maximum Gasteiger partial charge on any atom is 0.322 e. The molecule has 6 heteroatoms. The number of rotatable bonds is 4. The second-order valence-electron chi connectivity index (χ2n) is 8.00. The average Bonchev–Trinajstić information content (AvgIpc) is 2.80. The van der Waals surface area contributed by atoms with Gasteiger partial charge in [-0.1, -0.05) is 48.0 Å². The predicted molar refractivity (Wildman–Crippen MR) is 128 cm³/mol. The first kappa shape index (κ1) is 21.3. The number of fused-ring (bicyclic) bond motifs is 1. The highest BCUT2D eigenvalue weighted by Gasteiger charge is 2.24. The minimum absolute atomic E-state index is 0.158. The molecule has 0 bridgehead atoms. The van der Waals surface area contributed by atoms with E-state index in [4.69, 9.17) is 4.98 Å². The van der Waals surface area contributed by atoms with E-state index in [9.17, 15) is 9.59 Å². The normalized spacial score (nSPS) is 11.9. The monoisotopic (exact) mass is 426 g/mol. The van der Waals surface area contributed by atoms with Crippen LogP contribution in [0.15, 0.2) is 77.6 Å². The molecular weight excluding hydrogens is 400 g/mol. The molecule has 0 aliphatic rings. The van der Waals surface area contributed by atoms with Crippen molar-refractivity contribution in [2.75, 3.05) is 12.4 Å². The van der Waals surface area contributed by atoms with Gasteiger partial charge in [-0.2, -0.15) is 0 Å². The van der Waals surface area contributed by atoms with E-state index in [1.54, 1.807) is 22.6 Å². The first-order chi connectivity index (χ1) is 15.4. The summed E-state index contributed by atoms with van der Waals surface area (Å²) in [7, 11) is 1.71. The largest absolute Gasteiger partial charge is 0.322 e. The fourth-order valence-corrected chi connectivity index (χ4v) is 3.64. The number of carbonyl (C=O) groups excluding carboxylic acids is 1. The van der Waals surface area contributed by atoms with Crippen LogP contribution in [0.5, 0.6) is 0 Å². The fourth-order valence-electron chi connectivity index (χ4n) is 3.64. The molecule has 0 aliphatic heterocycles. The summed E-state index contributed by atoms with van der Waals surface area (Å²) >= 11 is 0. The van der Waals surface area contributed by atoms with Gasteiger partial charge in [0.25, 0.3) is 5.56 Å². The van der Waals surface area contributed by atoms with Crippen molar-refractivity contribution in [3.63, 3.8) is 0 Å². The molecule has 0 radical (unpaired) electrons. The lowest BCUT2D eigenvalue weighted by Crippen LogP contribution is -2.37. The molecule has 1 aromatic heterocycles. The number of aryl methyl sites for hydroxylation is 2. The van der Waals surface area contributed by atoms with Crippen molar-refractivity contribution in [2.45, 2.75) is 26.8 Å². The third-order valence-electron chi connectivity index (χ3n) is 5.76. The SMILES string of the molecule is Cc1ccc(-n2c(C(C)N(C)C(=O)Nc3ccccc3C)nc3ccccc3c2=O)cc1. The summed E-state index contributed by atoms with van der Waals surface area (Å²) in [5, 5.41) is 3.49. The Kier molecular flexibility index (Phi) is 5.77. The number of nitrogens with zero attached hydrogens (tertiary/aromatic N) is 3. The minimum Gasteiger partial charge on any atom is -0.318 e. The summed E-state index contributed by atoms with van der Waals surface area (Å²) in [6.07, 6.45) is 0. The first-order valence-electron chi connectivity index (χ1n) is 10.5. The number of urea groups is 1. The third-order valence-corrected chi connectivity index (χ3v) is 5.76. The van der Waals surface area contributed by atoms with Crippen LogP contribution in [-0.4, -0.2) is 27.5 Å². The standard InChI is InChI=1S/C26H26N4O2/c1-17-13-15-20(16-14-17)30-24(27-23-12-8-6-10-21(23)25(30)31)19(3)29(4)26(32)28-22-11-7-5-9-18(22)2/h5-16,19H,1-4H3,(H,28,32). The molecule has 0 fully saturated rings. The number of anilines is 1. The molecule has 1 N–H and O–H groups in total. The highest BCUT2D eigenvalue weighted by Crippen LogP contribution is 2.23. The van der Waals surface area contributed by atoms with Crippen LogP contribution in [0.4, 0.5) is 10.5 Å². The molecule has 0 saturated heterocycles. The van der Waals surface area contributed by atoms with Gasteiger partial charge >= 0.3 is 6.03 Å². The van der Waals surface area contributed by atoms with E-state index in [-0.39, 0.29) is 11.6 Å². The fraction of sp³-hybridized carbons (Fsp3) is 0.192. The lowest BCUT2D eigenvalue weighted by Gasteiger charge is -2.27. The van der Waals surface area contributed by atoms with E-state index in [0.29, 0.717) is 22.4 Å². The Bertz CT molecular complexity index is 1340. The second kappa shape index (κ2) is 8.67. The van der Waals surface area contributed by atoms with Crippen LogP contribution in [0.1, 0.15) is 29.9 Å². The highest BCUT2D eigenvalue weighted by atomic mass is 16.2. The van der Waals surface area contributed by atoms with Gasteiger partial charge in [0, 0.05) is 12.7 Å². The molecule has 4 aromatic rings. The number of amides is 2. The summed E-state index contributed by atoms with van der Waals surface area (Å²) in [5.74, 6) is 0.500. The zero-order chi connectivity index (χ0) is 22.8. The lowest BCUT2D eigenvalue weighted by molar-refractivity contribution is 0.205. The molecule has 3 aromatic carbocycles. The number of hydrogen-bond acceptors (Lipinski definition) is 3. The Hall–Kier alpha value is -3.93. The van der Waals surface area contributed by atoms with Gasteiger partial charge in [0.1, 0.15) is 5.82 Å². The van der Waals surface area contributed by atoms with E-state index in [1.807, 2.05) is 87.5 Å². The molecule has 1 heterocycles. The lowest BCUT2D eigenvalue weighted by atomic mass is 10.1. The van der Waals surface area contributed by atoms with Crippen molar-refractivity contribution in [2.24, 2.45) is 0 Å². The molecule has 6 nitrogen and oxygen atoms in total. The zero-order valence-electron chi connectivity index (χ0n) is 18.7. The summed E-state index contributed by atoms with van der Waals surface area (Å²) < 4.78 is 1.60. The van der Waals surface area contributed by atoms with Crippen LogP contribution in [0.3, 0.4) is 0 Å². The molecule has 162 valence electrons. The van der Waals surface area contributed by atoms with Gasteiger partial charge in [-0.05, 0) is 56.7 Å². The Morgan fingerprint density at radius 1 is 0.969 bits per heavy atom. The molecule has 2 amide bonds. The van der Waals surface area contributed by atoms with Crippen molar-refractivity contribution in [3.8, 4) is 5.69 Å². The van der Waals surface area contributed by atoms with Gasteiger partial charge in [0.05, 0.1) is 22.6 Å². The summed E-state index contributed by atoms with van der Waals surface area (Å²) in [5.41, 5.74) is 3.99. The molecule has 0 spiro atoms. The number of para-hydroxylation sites is 2. The van der Waals surface area contributed by atoms with Crippen LogP contribution in [0.25, 0.3) is 16.6 Å². The quantitative estimate of drug-likeness (QED) is 0.486. The van der Waals surface area contributed by atoms with E-state index in [2.05, 4.69) is 5.32 Å². The summed E-state index contributed by atoms with van der Waals surface area (Å²) in [6.45, 7) is 5.82. The van der Waals surface area contributed by atoms with Gasteiger partial charge in [-0.25, -0.2) is 9.78 Å². The molecule has 32 heavy (non-hydrogen) atoms. The van der Waals surface area contributed by atoms with Gasteiger partial charge in [-0.3, -0.25) is 9.36 Å². The van der Waals surface area contributed by atoms with Crippen LogP contribution in [-0.2, 0) is 0 Å². The number of benzene rings is 3. The van der Waals surface area contributed by atoms with E-state index in [0.717, 1.165) is 16.8 Å². The van der Waals surface area contributed by atoms with Crippen molar-refractivity contribution in [1.82, 2.24) is 14.5 Å². The van der Waals surface area contributed by atoms with E-state index < -0.39 is 6.04 Å². The minimum atomic E-state index is -0.461. The molecule has 0 aliphatic carbocycles. The van der Waals surface area contributed by atoms with Gasteiger partial charge < -0.3 is 10.2 Å². The zero-order valence-corrected chi connectivity index (χ0v) is 18.7. The van der Waals surface area contributed by atoms with Crippen LogP contribution < -0.4 is 10.9 Å². The average molecular weight is 427 g/mol. The van der Waals surface area contributed by atoms with Crippen molar-refractivity contribution < 1.29 is 4.79 Å². The molecule has 1 atom stereocenters. The first-order valence-corrected chi connectivity index (χ1v) is 10.5. The maximum atomic E-state index is 13.5. The van der Waals surface area contributed by atoms with Crippen molar-refractivity contribution in [3.05, 3.63) is 100 Å². The molecule has 0 saturated carbocycles. The number of hydrogen-bond donors (Lipinski definition) is 1. The van der Waals surface area contributed by atoms with E-state index in [1.165, 1.54) is 0 Å².